The van der Waals surface area contributed by atoms with Crippen LogP contribution in [0.25, 0.3) is 22.8 Å². The van der Waals surface area contributed by atoms with Gasteiger partial charge in [-0.1, -0.05) is 11.2 Å². The van der Waals surface area contributed by atoms with E-state index in [-0.39, 0.29) is 12.1 Å². The summed E-state index contributed by atoms with van der Waals surface area (Å²) in [6.45, 7) is 3.23. The fraction of sp³-hybridized carbons (Fsp3) is 0.273. The molecule has 1 amide bonds. The number of anilines is 2. The van der Waals surface area contributed by atoms with Gasteiger partial charge < -0.3 is 19.8 Å². The number of rotatable bonds is 6. The number of nitrogens with zero attached hydrogens (tertiary/aromatic N) is 7. The van der Waals surface area contributed by atoms with Crippen LogP contribution in [0.15, 0.2) is 53.3 Å². The molecule has 1 aliphatic heterocycles. The van der Waals surface area contributed by atoms with Gasteiger partial charge in [0.15, 0.2) is 17.2 Å². The van der Waals surface area contributed by atoms with Crippen LogP contribution >= 0.6 is 0 Å². The Labute approximate surface area is 189 Å². The lowest BCUT2D eigenvalue weighted by Gasteiger charge is -2.16. The molecule has 1 atom stereocenters. The van der Waals surface area contributed by atoms with Crippen molar-refractivity contribution >= 4 is 17.7 Å². The molecule has 0 bridgehead atoms. The quantitative estimate of drug-likeness (QED) is 0.457. The number of hydrogen-bond donors (Lipinski definition) is 2. The van der Waals surface area contributed by atoms with E-state index in [1.165, 1.54) is 4.90 Å². The first-order valence-electron chi connectivity index (χ1n) is 10.5. The van der Waals surface area contributed by atoms with Gasteiger partial charge in [0.05, 0.1) is 11.4 Å². The van der Waals surface area contributed by atoms with E-state index in [4.69, 9.17) is 4.52 Å². The minimum absolute atomic E-state index is 0.180. The molecule has 0 saturated carbocycles. The summed E-state index contributed by atoms with van der Waals surface area (Å²) in [5.74, 6) is 0.998. The summed E-state index contributed by atoms with van der Waals surface area (Å²) in [5.41, 5.74) is 0.217. The van der Waals surface area contributed by atoms with E-state index >= 15 is 0 Å². The maximum atomic E-state index is 12.3. The average molecular weight is 446 g/mol. The van der Waals surface area contributed by atoms with Crippen LogP contribution in [0.2, 0.25) is 0 Å². The number of amides is 1. The third kappa shape index (κ3) is 3.82. The summed E-state index contributed by atoms with van der Waals surface area (Å²) in [7, 11) is 1.65. The number of carbonyl (C=O) groups is 1. The number of likely N-dealkylation sites (N-methyl/N-ethyl adjacent to an activating group) is 1. The average Bonchev–Trinajstić information content (AvgIpc) is 3.57. The molecule has 4 aromatic rings. The Kier molecular flexibility index (Phi) is 5.09. The van der Waals surface area contributed by atoms with Crippen molar-refractivity contribution in [2.45, 2.75) is 25.5 Å². The molecular formula is C22H22N8O3. The number of aromatic nitrogens is 6. The molecule has 0 unspecified atom stereocenters. The molecule has 4 aromatic heterocycles. The van der Waals surface area contributed by atoms with Crippen molar-refractivity contribution in [2.75, 3.05) is 18.9 Å². The molecule has 5 rings (SSSR count). The van der Waals surface area contributed by atoms with Crippen LogP contribution in [0.1, 0.15) is 19.0 Å². The second-order valence-corrected chi connectivity index (χ2v) is 7.77. The number of aryl methyl sites for hydroxylation is 1. The Morgan fingerprint density at radius 2 is 2.00 bits per heavy atom. The first-order valence-corrected chi connectivity index (χ1v) is 10.5. The molecule has 1 aliphatic rings. The van der Waals surface area contributed by atoms with Crippen LogP contribution in [0, 0.1) is 0 Å². The molecule has 0 aromatic carbocycles. The third-order valence-corrected chi connectivity index (χ3v) is 5.57. The Bertz CT molecular complexity index is 1320. The topological polar surface area (TPSA) is 135 Å². The number of aliphatic hydroxyl groups is 1. The van der Waals surface area contributed by atoms with Crippen LogP contribution in [-0.4, -0.2) is 59.4 Å². The lowest BCUT2D eigenvalue weighted by molar-refractivity contribution is -0.143. The molecule has 168 valence electrons. The number of hydrogen-bond acceptors (Lipinski definition) is 9. The van der Waals surface area contributed by atoms with Gasteiger partial charge in [-0.05, 0) is 25.1 Å². The first kappa shape index (κ1) is 20.8. The summed E-state index contributed by atoms with van der Waals surface area (Å²) in [5, 5.41) is 22.2. The van der Waals surface area contributed by atoms with Crippen LogP contribution in [0.3, 0.4) is 0 Å². The summed E-state index contributed by atoms with van der Waals surface area (Å²) in [6.07, 6.45) is 3.77. The van der Waals surface area contributed by atoms with Crippen LogP contribution in [0.4, 0.5) is 11.8 Å². The third-order valence-electron chi connectivity index (χ3n) is 5.57. The first-order chi connectivity index (χ1) is 16.0. The SMILES string of the molecule is CCn1ccc(Nc2nccc(-c3cccc(-c4cc([C@]5(O)CCN(C)C5=O)no4)n3)n2)n1. The molecule has 2 N–H and O–H groups in total. The molecule has 11 nitrogen and oxygen atoms in total. The second-order valence-electron chi connectivity index (χ2n) is 7.77. The molecule has 11 heteroatoms. The molecule has 33 heavy (non-hydrogen) atoms. The number of nitrogens with one attached hydrogen (secondary N) is 1. The lowest BCUT2D eigenvalue weighted by atomic mass is 9.97. The summed E-state index contributed by atoms with van der Waals surface area (Å²) in [6, 6.07) is 10.6. The zero-order chi connectivity index (χ0) is 23.0. The number of likely N-dealkylation sites (tertiary alicyclic amines) is 1. The number of pyridine rings is 1. The largest absolute Gasteiger partial charge is 0.374 e. The Morgan fingerprint density at radius 3 is 2.76 bits per heavy atom. The highest BCUT2D eigenvalue weighted by molar-refractivity contribution is 5.88. The monoisotopic (exact) mass is 446 g/mol. The highest BCUT2D eigenvalue weighted by atomic mass is 16.5. The van der Waals surface area contributed by atoms with Gasteiger partial charge in [0.25, 0.3) is 5.91 Å². The van der Waals surface area contributed by atoms with Crippen molar-refractivity contribution in [1.82, 2.24) is 34.8 Å². The minimum atomic E-state index is -1.67. The van der Waals surface area contributed by atoms with Gasteiger partial charge in [-0.15, -0.1) is 0 Å². The van der Waals surface area contributed by atoms with Crippen molar-refractivity contribution in [3.05, 3.63) is 54.5 Å². The summed E-state index contributed by atoms with van der Waals surface area (Å²) >= 11 is 0. The minimum Gasteiger partial charge on any atom is -0.374 e. The Morgan fingerprint density at radius 1 is 1.18 bits per heavy atom. The van der Waals surface area contributed by atoms with Crippen molar-refractivity contribution < 1.29 is 14.4 Å². The lowest BCUT2D eigenvalue weighted by Crippen LogP contribution is -2.36. The molecule has 1 saturated heterocycles. The van der Waals surface area contributed by atoms with Gasteiger partial charge in [-0.2, -0.15) is 5.10 Å². The zero-order valence-corrected chi connectivity index (χ0v) is 18.1. The van der Waals surface area contributed by atoms with Gasteiger partial charge in [-0.3, -0.25) is 9.48 Å². The fourth-order valence-corrected chi connectivity index (χ4v) is 3.68. The predicted molar refractivity (Wildman–Crippen MR) is 118 cm³/mol. The maximum absolute atomic E-state index is 12.3. The Hall–Kier alpha value is -4.12. The smallest absolute Gasteiger partial charge is 0.260 e. The van der Waals surface area contributed by atoms with Gasteiger partial charge in [0, 0.05) is 51.1 Å². The van der Waals surface area contributed by atoms with Gasteiger partial charge in [0.2, 0.25) is 5.95 Å². The van der Waals surface area contributed by atoms with E-state index in [1.54, 1.807) is 36.1 Å². The zero-order valence-electron chi connectivity index (χ0n) is 18.1. The molecule has 1 fully saturated rings. The van der Waals surface area contributed by atoms with Crippen molar-refractivity contribution in [3.63, 3.8) is 0 Å². The molecule has 0 spiro atoms. The molecule has 5 heterocycles. The van der Waals surface area contributed by atoms with E-state index in [2.05, 4.69) is 30.5 Å². The van der Waals surface area contributed by atoms with Gasteiger partial charge in [-0.25, -0.2) is 15.0 Å². The predicted octanol–water partition coefficient (Wildman–Crippen LogP) is 2.20. The van der Waals surface area contributed by atoms with Crippen molar-refractivity contribution in [2.24, 2.45) is 0 Å². The van der Waals surface area contributed by atoms with Crippen LogP contribution in [0.5, 0.6) is 0 Å². The van der Waals surface area contributed by atoms with E-state index in [0.717, 1.165) is 6.54 Å². The molecular weight excluding hydrogens is 424 g/mol. The van der Waals surface area contributed by atoms with E-state index in [1.807, 2.05) is 31.3 Å². The standard InChI is InChI=1S/C22H22N8O3/c1-3-30-11-8-19(27-30)26-21-23-10-7-15(25-21)14-5-4-6-16(24-14)17-13-18(28-33-17)22(32)9-12-29(2)20(22)31/h4-8,10-11,13,32H,3,9,12H2,1-2H3,(H,23,25,26,27)/t22-/m1/s1. The van der Waals surface area contributed by atoms with Gasteiger partial charge >= 0.3 is 0 Å². The van der Waals surface area contributed by atoms with E-state index < -0.39 is 11.5 Å². The van der Waals surface area contributed by atoms with Crippen LogP contribution < -0.4 is 5.32 Å². The highest BCUT2D eigenvalue weighted by Crippen LogP contribution is 2.34. The van der Waals surface area contributed by atoms with Crippen molar-refractivity contribution in [1.29, 1.82) is 0 Å². The normalized spacial score (nSPS) is 18.2. The second kappa shape index (κ2) is 8.10. The summed E-state index contributed by atoms with van der Waals surface area (Å²) in [4.78, 5) is 27.2. The molecule has 0 radical (unpaired) electrons. The number of carbonyl (C=O) groups excluding carboxylic acids is 1. The maximum Gasteiger partial charge on any atom is 0.260 e. The molecule has 0 aliphatic carbocycles. The van der Waals surface area contributed by atoms with E-state index in [9.17, 15) is 9.90 Å². The van der Waals surface area contributed by atoms with E-state index in [0.29, 0.717) is 41.2 Å². The highest BCUT2D eigenvalue weighted by Gasteiger charge is 2.47. The Balaban J connectivity index is 1.40. The fourth-order valence-electron chi connectivity index (χ4n) is 3.68. The van der Waals surface area contributed by atoms with Gasteiger partial charge in [0.1, 0.15) is 11.4 Å². The van der Waals surface area contributed by atoms with Crippen LogP contribution in [-0.2, 0) is 16.9 Å². The van der Waals surface area contributed by atoms with Crippen molar-refractivity contribution in [3.8, 4) is 22.8 Å². The summed E-state index contributed by atoms with van der Waals surface area (Å²) < 4.78 is 7.22.